The number of nitrogens with zero attached hydrogens (tertiary/aromatic N) is 1. The van der Waals surface area contributed by atoms with E-state index in [9.17, 15) is 0 Å². The fraction of sp³-hybridized carbons (Fsp3) is 0.692. The molecule has 2 nitrogen and oxygen atoms in total. The average molecular weight is 270 g/mol. The van der Waals surface area contributed by atoms with Crippen LogP contribution in [-0.2, 0) is 6.54 Å². The lowest BCUT2D eigenvalue weighted by Gasteiger charge is -2.30. The lowest BCUT2D eigenvalue weighted by molar-refractivity contribution is 0.195. The molecule has 0 aliphatic carbocycles. The van der Waals surface area contributed by atoms with E-state index in [4.69, 9.17) is 0 Å². The summed E-state index contributed by atoms with van der Waals surface area (Å²) in [5, 5.41) is 5.70. The van der Waals surface area contributed by atoms with Crippen molar-refractivity contribution in [3.05, 3.63) is 22.4 Å². The highest BCUT2D eigenvalue weighted by Gasteiger charge is 2.23. The Kier molecular flexibility index (Phi) is 5.35. The van der Waals surface area contributed by atoms with E-state index in [1.165, 1.54) is 22.8 Å². The van der Waals surface area contributed by atoms with Gasteiger partial charge in [0, 0.05) is 35.8 Å². The van der Waals surface area contributed by atoms with Gasteiger partial charge in [-0.3, -0.25) is 4.90 Å². The van der Waals surface area contributed by atoms with E-state index in [0.29, 0.717) is 6.04 Å². The fourth-order valence-corrected chi connectivity index (χ4v) is 4.12. The van der Waals surface area contributed by atoms with Gasteiger partial charge in [-0.15, -0.1) is 11.3 Å². The van der Waals surface area contributed by atoms with Crippen LogP contribution in [0.25, 0.3) is 0 Å². The van der Waals surface area contributed by atoms with Crippen LogP contribution in [0.15, 0.2) is 17.5 Å². The monoisotopic (exact) mass is 270 g/mol. The molecule has 1 aliphatic rings. The van der Waals surface area contributed by atoms with Crippen molar-refractivity contribution in [3.63, 3.8) is 0 Å². The van der Waals surface area contributed by atoms with E-state index < -0.39 is 0 Å². The zero-order valence-electron chi connectivity index (χ0n) is 10.7. The van der Waals surface area contributed by atoms with Gasteiger partial charge in [0.25, 0.3) is 0 Å². The minimum absolute atomic E-state index is 0.624. The maximum absolute atomic E-state index is 3.55. The van der Waals surface area contributed by atoms with Gasteiger partial charge in [-0.25, -0.2) is 0 Å². The van der Waals surface area contributed by atoms with Gasteiger partial charge >= 0.3 is 0 Å². The van der Waals surface area contributed by atoms with Crippen molar-refractivity contribution in [2.75, 3.05) is 25.1 Å². The molecule has 0 radical (unpaired) electrons. The number of thiophene rings is 1. The Labute approximate surface area is 113 Å². The van der Waals surface area contributed by atoms with E-state index in [0.717, 1.165) is 19.1 Å². The molecule has 17 heavy (non-hydrogen) atoms. The first-order valence-electron chi connectivity index (χ1n) is 6.30. The first kappa shape index (κ1) is 13.4. The van der Waals surface area contributed by atoms with Crippen LogP contribution in [0, 0.1) is 0 Å². The van der Waals surface area contributed by atoms with E-state index in [2.05, 4.69) is 53.5 Å². The summed E-state index contributed by atoms with van der Waals surface area (Å²) in [7, 11) is 2.27. The van der Waals surface area contributed by atoms with Crippen LogP contribution >= 0.6 is 23.1 Å². The van der Waals surface area contributed by atoms with Crippen molar-refractivity contribution < 1.29 is 0 Å². The maximum atomic E-state index is 3.55. The van der Waals surface area contributed by atoms with Gasteiger partial charge in [-0.2, -0.15) is 11.8 Å². The van der Waals surface area contributed by atoms with Crippen molar-refractivity contribution in [2.24, 2.45) is 0 Å². The van der Waals surface area contributed by atoms with Crippen LogP contribution < -0.4 is 5.32 Å². The molecule has 2 rings (SSSR count). The molecule has 1 aliphatic heterocycles. The predicted molar refractivity (Wildman–Crippen MR) is 79.0 cm³/mol. The fourth-order valence-electron chi connectivity index (χ4n) is 2.16. The second kappa shape index (κ2) is 6.78. The highest BCUT2D eigenvalue weighted by Crippen LogP contribution is 2.22. The molecule has 1 saturated heterocycles. The van der Waals surface area contributed by atoms with E-state index in [1.54, 1.807) is 0 Å². The third-order valence-corrected chi connectivity index (χ3v) is 5.52. The van der Waals surface area contributed by atoms with E-state index in [1.807, 2.05) is 11.3 Å². The Balaban J connectivity index is 1.67. The summed E-state index contributed by atoms with van der Waals surface area (Å²) < 4.78 is 0. The molecule has 0 amide bonds. The van der Waals surface area contributed by atoms with Gasteiger partial charge in [0.2, 0.25) is 0 Å². The Bertz CT molecular complexity index is 307. The van der Waals surface area contributed by atoms with Gasteiger partial charge in [0.05, 0.1) is 0 Å². The molecule has 0 spiro atoms. The lowest BCUT2D eigenvalue weighted by Crippen LogP contribution is -2.43. The van der Waals surface area contributed by atoms with Crippen molar-refractivity contribution in [3.8, 4) is 0 Å². The SMILES string of the molecule is CC(CNCc1cccs1)N(C)C1CCSC1. The first-order valence-corrected chi connectivity index (χ1v) is 8.33. The molecule has 1 fully saturated rings. The average Bonchev–Trinajstić information content (AvgIpc) is 3.00. The molecule has 4 heteroatoms. The Hall–Kier alpha value is -0.0300. The Morgan fingerprint density at radius 2 is 2.47 bits per heavy atom. The van der Waals surface area contributed by atoms with Crippen LogP contribution in [0.1, 0.15) is 18.2 Å². The van der Waals surface area contributed by atoms with Crippen molar-refractivity contribution >= 4 is 23.1 Å². The molecule has 96 valence electrons. The zero-order valence-corrected chi connectivity index (χ0v) is 12.3. The van der Waals surface area contributed by atoms with Gasteiger partial charge in [0.1, 0.15) is 0 Å². The molecule has 1 aromatic heterocycles. The summed E-state index contributed by atoms with van der Waals surface area (Å²) in [6, 6.07) is 5.73. The molecular weight excluding hydrogens is 248 g/mol. The first-order chi connectivity index (χ1) is 8.27. The molecule has 1 N–H and O–H groups in total. The summed E-state index contributed by atoms with van der Waals surface area (Å²) in [4.78, 5) is 3.97. The minimum Gasteiger partial charge on any atom is -0.310 e. The lowest BCUT2D eigenvalue weighted by atomic mass is 10.2. The molecule has 0 bridgehead atoms. The van der Waals surface area contributed by atoms with Crippen LogP contribution in [0.4, 0.5) is 0 Å². The van der Waals surface area contributed by atoms with Crippen LogP contribution in [0.5, 0.6) is 0 Å². The summed E-state index contributed by atoms with van der Waals surface area (Å²) in [6.07, 6.45) is 1.36. The smallest absolute Gasteiger partial charge is 0.0300 e. The predicted octanol–water partition coefficient (Wildman–Crippen LogP) is 2.66. The van der Waals surface area contributed by atoms with Crippen molar-refractivity contribution in [1.29, 1.82) is 0 Å². The number of nitrogens with one attached hydrogen (secondary N) is 1. The van der Waals surface area contributed by atoms with Crippen molar-refractivity contribution in [2.45, 2.75) is 32.0 Å². The third kappa shape index (κ3) is 3.98. The van der Waals surface area contributed by atoms with Crippen LogP contribution in [0.3, 0.4) is 0 Å². The number of rotatable bonds is 6. The number of hydrogen-bond acceptors (Lipinski definition) is 4. The zero-order chi connectivity index (χ0) is 12.1. The second-order valence-corrected chi connectivity index (χ2v) is 6.92. The third-order valence-electron chi connectivity index (χ3n) is 3.50. The maximum Gasteiger partial charge on any atom is 0.0300 e. The molecule has 0 aromatic carbocycles. The Morgan fingerprint density at radius 3 is 3.12 bits per heavy atom. The second-order valence-electron chi connectivity index (χ2n) is 4.74. The molecule has 1 aromatic rings. The van der Waals surface area contributed by atoms with Gasteiger partial charge in [-0.05, 0) is 37.6 Å². The minimum atomic E-state index is 0.624. The molecular formula is C13H22N2S2. The van der Waals surface area contributed by atoms with Crippen LogP contribution in [-0.4, -0.2) is 42.1 Å². The number of hydrogen-bond donors (Lipinski definition) is 1. The highest BCUT2D eigenvalue weighted by atomic mass is 32.2. The molecule has 2 atom stereocenters. The van der Waals surface area contributed by atoms with Gasteiger partial charge in [-0.1, -0.05) is 6.07 Å². The highest BCUT2D eigenvalue weighted by molar-refractivity contribution is 7.99. The molecule has 0 saturated carbocycles. The number of thioether (sulfide) groups is 1. The van der Waals surface area contributed by atoms with E-state index in [-0.39, 0.29) is 0 Å². The topological polar surface area (TPSA) is 15.3 Å². The summed E-state index contributed by atoms with van der Waals surface area (Å²) in [5.41, 5.74) is 0. The van der Waals surface area contributed by atoms with Crippen LogP contribution in [0.2, 0.25) is 0 Å². The largest absolute Gasteiger partial charge is 0.310 e. The standard InChI is InChI=1S/C13H22N2S2/c1-11(15(2)12-5-7-16-10-12)8-14-9-13-4-3-6-17-13/h3-4,6,11-12,14H,5,7-10H2,1-2H3. The normalized spacial score (nSPS) is 22.2. The van der Waals surface area contributed by atoms with Gasteiger partial charge in [0.15, 0.2) is 0 Å². The van der Waals surface area contributed by atoms with E-state index >= 15 is 0 Å². The molecule has 2 unspecified atom stereocenters. The Morgan fingerprint density at radius 1 is 1.59 bits per heavy atom. The number of likely N-dealkylation sites (N-methyl/N-ethyl adjacent to an activating group) is 1. The summed E-state index contributed by atoms with van der Waals surface area (Å²) >= 11 is 3.92. The summed E-state index contributed by atoms with van der Waals surface area (Å²) in [6.45, 7) is 4.41. The van der Waals surface area contributed by atoms with Crippen molar-refractivity contribution in [1.82, 2.24) is 10.2 Å². The quantitative estimate of drug-likeness (QED) is 0.855. The summed E-state index contributed by atoms with van der Waals surface area (Å²) in [5.74, 6) is 2.65. The molecule has 2 heterocycles. The van der Waals surface area contributed by atoms with Gasteiger partial charge < -0.3 is 5.32 Å².